The Balaban J connectivity index is 2.06. The number of halogens is 1. The van der Waals surface area contributed by atoms with Crippen molar-refractivity contribution in [3.05, 3.63) is 16.9 Å². The number of aromatic nitrogens is 2. The SMILES string of the molecule is NCCCc1cnn(C2CCCCC2)c1Cl. The molecule has 2 rings (SSSR count). The average molecular weight is 242 g/mol. The van der Waals surface area contributed by atoms with Crippen molar-refractivity contribution in [1.29, 1.82) is 0 Å². The van der Waals surface area contributed by atoms with E-state index in [0.717, 1.165) is 23.6 Å². The zero-order chi connectivity index (χ0) is 11.4. The fourth-order valence-electron chi connectivity index (χ4n) is 2.42. The van der Waals surface area contributed by atoms with Crippen LogP contribution in [0, 0.1) is 0 Å². The van der Waals surface area contributed by atoms with Gasteiger partial charge in [-0.2, -0.15) is 5.10 Å². The largest absolute Gasteiger partial charge is 0.330 e. The van der Waals surface area contributed by atoms with E-state index in [2.05, 4.69) is 5.10 Å². The van der Waals surface area contributed by atoms with Crippen LogP contribution in [0.2, 0.25) is 5.15 Å². The minimum absolute atomic E-state index is 0.521. The zero-order valence-electron chi connectivity index (χ0n) is 9.66. The summed E-state index contributed by atoms with van der Waals surface area (Å²) in [6.07, 6.45) is 10.2. The van der Waals surface area contributed by atoms with Crippen LogP contribution in [0.3, 0.4) is 0 Å². The predicted molar refractivity (Wildman–Crippen MR) is 66.7 cm³/mol. The molecule has 1 aliphatic carbocycles. The molecule has 0 radical (unpaired) electrons. The predicted octanol–water partition coefficient (Wildman–Crippen LogP) is 2.93. The van der Waals surface area contributed by atoms with Crippen molar-refractivity contribution in [1.82, 2.24) is 9.78 Å². The second-order valence-electron chi connectivity index (χ2n) is 4.59. The lowest BCUT2D eigenvalue weighted by Gasteiger charge is -2.22. The molecule has 3 nitrogen and oxygen atoms in total. The molecule has 0 aliphatic heterocycles. The summed E-state index contributed by atoms with van der Waals surface area (Å²) >= 11 is 6.35. The monoisotopic (exact) mass is 241 g/mol. The van der Waals surface area contributed by atoms with Gasteiger partial charge in [0.1, 0.15) is 5.15 Å². The summed E-state index contributed by atoms with van der Waals surface area (Å²) in [6.45, 7) is 0.713. The molecular formula is C12H20ClN3. The highest BCUT2D eigenvalue weighted by molar-refractivity contribution is 6.30. The lowest BCUT2D eigenvalue weighted by Crippen LogP contribution is -2.14. The molecule has 16 heavy (non-hydrogen) atoms. The molecule has 0 atom stereocenters. The number of rotatable bonds is 4. The van der Waals surface area contributed by atoms with E-state index < -0.39 is 0 Å². The van der Waals surface area contributed by atoms with Gasteiger partial charge < -0.3 is 5.73 Å². The first kappa shape index (κ1) is 11.9. The number of hydrogen-bond donors (Lipinski definition) is 1. The third kappa shape index (κ3) is 2.58. The maximum atomic E-state index is 6.35. The van der Waals surface area contributed by atoms with Crippen molar-refractivity contribution < 1.29 is 0 Å². The number of nitrogens with zero attached hydrogens (tertiary/aromatic N) is 2. The van der Waals surface area contributed by atoms with E-state index >= 15 is 0 Å². The highest BCUT2D eigenvalue weighted by Gasteiger charge is 2.19. The van der Waals surface area contributed by atoms with Crippen molar-refractivity contribution in [3.63, 3.8) is 0 Å². The van der Waals surface area contributed by atoms with Crippen LogP contribution < -0.4 is 5.73 Å². The molecule has 0 unspecified atom stereocenters. The van der Waals surface area contributed by atoms with Crippen molar-refractivity contribution in [2.45, 2.75) is 51.0 Å². The summed E-state index contributed by atoms with van der Waals surface area (Å²) in [5.74, 6) is 0. The molecule has 0 bridgehead atoms. The van der Waals surface area contributed by atoms with Crippen LogP contribution in [0.15, 0.2) is 6.20 Å². The molecule has 1 fully saturated rings. The molecule has 0 aromatic carbocycles. The quantitative estimate of drug-likeness (QED) is 0.881. The summed E-state index contributed by atoms with van der Waals surface area (Å²) in [6, 6.07) is 0.521. The number of aryl methyl sites for hydroxylation is 1. The fourth-order valence-corrected chi connectivity index (χ4v) is 2.75. The van der Waals surface area contributed by atoms with Crippen LogP contribution in [0.4, 0.5) is 0 Å². The van der Waals surface area contributed by atoms with Crippen LogP contribution in [0.1, 0.15) is 50.1 Å². The molecule has 1 saturated carbocycles. The smallest absolute Gasteiger partial charge is 0.130 e. The Bertz CT molecular complexity index is 329. The minimum atomic E-state index is 0.521. The third-order valence-corrected chi connectivity index (χ3v) is 3.79. The first-order valence-corrected chi connectivity index (χ1v) is 6.62. The molecular weight excluding hydrogens is 222 g/mol. The molecule has 0 amide bonds. The van der Waals surface area contributed by atoms with Gasteiger partial charge in [0, 0.05) is 5.56 Å². The van der Waals surface area contributed by atoms with Gasteiger partial charge >= 0.3 is 0 Å². The van der Waals surface area contributed by atoms with Crippen molar-refractivity contribution in [2.24, 2.45) is 5.73 Å². The zero-order valence-corrected chi connectivity index (χ0v) is 10.4. The fraction of sp³-hybridized carbons (Fsp3) is 0.750. The van der Waals surface area contributed by atoms with Gasteiger partial charge in [0.25, 0.3) is 0 Å². The standard InChI is InChI=1S/C12H20ClN3/c13-12-10(5-4-8-14)9-15-16(12)11-6-2-1-3-7-11/h9,11H,1-8,14H2. The van der Waals surface area contributed by atoms with E-state index in [1.807, 2.05) is 10.9 Å². The molecule has 1 aromatic rings. The second-order valence-corrected chi connectivity index (χ2v) is 4.95. The van der Waals surface area contributed by atoms with Gasteiger partial charge in [-0.05, 0) is 32.2 Å². The van der Waals surface area contributed by atoms with E-state index in [1.165, 1.54) is 32.1 Å². The van der Waals surface area contributed by atoms with E-state index in [-0.39, 0.29) is 0 Å². The van der Waals surface area contributed by atoms with Gasteiger partial charge in [-0.3, -0.25) is 4.68 Å². The summed E-state index contributed by atoms with van der Waals surface area (Å²) in [5.41, 5.74) is 6.66. The van der Waals surface area contributed by atoms with Crippen LogP contribution in [0.25, 0.3) is 0 Å². The third-order valence-electron chi connectivity index (χ3n) is 3.37. The number of hydrogen-bond acceptors (Lipinski definition) is 2. The highest BCUT2D eigenvalue weighted by Crippen LogP contribution is 2.31. The average Bonchev–Trinajstić information content (AvgIpc) is 2.69. The van der Waals surface area contributed by atoms with Crippen LogP contribution in [-0.4, -0.2) is 16.3 Å². The van der Waals surface area contributed by atoms with Gasteiger partial charge in [0.2, 0.25) is 0 Å². The Morgan fingerprint density at radius 1 is 1.38 bits per heavy atom. The summed E-state index contributed by atoms with van der Waals surface area (Å²) in [4.78, 5) is 0. The Hall–Kier alpha value is -0.540. The summed E-state index contributed by atoms with van der Waals surface area (Å²) < 4.78 is 2.02. The van der Waals surface area contributed by atoms with E-state index in [9.17, 15) is 0 Å². The molecule has 0 saturated heterocycles. The van der Waals surface area contributed by atoms with Gasteiger partial charge in [-0.25, -0.2) is 0 Å². The molecule has 1 heterocycles. The molecule has 90 valence electrons. The topological polar surface area (TPSA) is 43.8 Å². The Kier molecular flexibility index (Phi) is 4.24. The Morgan fingerprint density at radius 2 is 2.12 bits per heavy atom. The van der Waals surface area contributed by atoms with Gasteiger partial charge in [0.05, 0.1) is 12.2 Å². The van der Waals surface area contributed by atoms with E-state index in [1.54, 1.807) is 0 Å². The first-order valence-electron chi connectivity index (χ1n) is 6.25. The van der Waals surface area contributed by atoms with Crippen LogP contribution in [-0.2, 0) is 6.42 Å². The Morgan fingerprint density at radius 3 is 2.81 bits per heavy atom. The van der Waals surface area contributed by atoms with Crippen molar-refractivity contribution >= 4 is 11.6 Å². The molecule has 4 heteroatoms. The van der Waals surface area contributed by atoms with Gasteiger partial charge in [-0.15, -0.1) is 0 Å². The van der Waals surface area contributed by atoms with Crippen LogP contribution >= 0.6 is 11.6 Å². The maximum absolute atomic E-state index is 6.35. The second kappa shape index (κ2) is 5.69. The molecule has 1 aromatic heterocycles. The summed E-state index contributed by atoms with van der Waals surface area (Å²) in [5, 5.41) is 5.27. The normalized spacial score (nSPS) is 17.9. The molecule has 1 aliphatic rings. The summed E-state index contributed by atoms with van der Waals surface area (Å²) in [7, 11) is 0. The first-order chi connectivity index (χ1) is 7.83. The lowest BCUT2D eigenvalue weighted by atomic mass is 9.96. The maximum Gasteiger partial charge on any atom is 0.130 e. The van der Waals surface area contributed by atoms with E-state index in [4.69, 9.17) is 17.3 Å². The Labute approximate surface area is 102 Å². The number of nitrogens with two attached hydrogens (primary N) is 1. The lowest BCUT2D eigenvalue weighted by molar-refractivity contribution is 0.329. The van der Waals surface area contributed by atoms with Crippen LogP contribution in [0.5, 0.6) is 0 Å². The van der Waals surface area contributed by atoms with Gasteiger partial charge in [-0.1, -0.05) is 30.9 Å². The van der Waals surface area contributed by atoms with Crippen molar-refractivity contribution in [3.8, 4) is 0 Å². The van der Waals surface area contributed by atoms with Crippen molar-refractivity contribution in [2.75, 3.05) is 6.54 Å². The minimum Gasteiger partial charge on any atom is -0.330 e. The molecule has 0 spiro atoms. The molecule has 2 N–H and O–H groups in total. The van der Waals surface area contributed by atoms with E-state index in [0.29, 0.717) is 12.6 Å². The highest BCUT2D eigenvalue weighted by atomic mass is 35.5. The van der Waals surface area contributed by atoms with Gasteiger partial charge in [0.15, 0.2) is 0 Å².